The highest BCUT2D eigenvalue weighted by Gasteiger charge is 2.05. The molecule has 0 aromatic heterocycles. The third-order valence-corrected chi connectivity index (χ3v) is 2.65. The van der Waals surface area contributed by atoms with Gasteiger partial charge in [-0.05, 0) is 46.4 Å². The lowest BCUT2D eigenvalue weighted by Crippen LogP contribution is -2.02. The van der Waals surface area contributed by atoms with E-state index in [1.54, 1.807) is 13.2 Å². The maximum Gasteiger partial charge on any atom is 0.307 e. The highest BCUT2D eigenvalue weighted by atomic mass is 127. The van der Waals surface area contributed by atoms with E-state index in [1.807, 2.05) is 12.1 Å². The molecule has 1 N–H and O–H groups in total. The maximum absolute atomic E-state index is 10.5. The zero-order valence-corrected chi connectivity index (χ0v) is 9.24. The molecule has 0 aliphatic rings. The monoisotopic (exact) mass is 292 g/mol. The van der Waals surface area contributed by atoms with E-state index in [1.165, 1.54) is 0 Å². The quantitative estimate of drug-likeness (QED) is 0.866. The fourth-order valence-corrected chi connectivity index (χ4v) is 1.50. The second kappa shape index (κ2) is 4.45. The molecule has 4 heteroatoms. The Morgan fingerprint density at radius 3 is 2.85 bits per heavy atom. The van der Waals surface area contributed by atoms with Gasteiger partial charge in [-0.3, -0.25) is 4.79 Å². The molecule has 0 aliphatic heterocycles. The molecule has 0 spiro atoms. The van der Waals surface area contributed by atoms with Gasteiger partial charge in [-0.15, -0.1) is 0 Å². The second-order valence-electron chi connectivity index (χ2n) is 2.53. The minimum absolute atomic E-state index is 0.0372. The van der Waals surface area contributed by atoms with Gasteiger partial charge in [0.05, 0.1) is 13.5 Å². The van der Waals surface area contributed by atoms with Crippen molar-refractivity contribution in [1.82, 2.24) is 0 Å². The van der Waals surface area contributed by atoms with Crippen LogP contribution in [0.1, 0.15) is 5.56 Å². The first kappa shape index (κ1) is 10.3. The number of ether oxygens (including phenoxy) is 1. The Morgan fingerprint density at radius 1 is 1.62 bits per heavy atom. The van der Waals surface area contributed by atoms with Gasteiger partial charge in [0.2, 0.25) is 0 Å². The summed E-state index contributed by atoms with van der Waals surface area (Å²) in [7, 11) is 1.56. The Morgan fingerprint density at radius 2 is 2.31 bits per heavy atom. The fourth-order valence-electron chi connectivity index (χ4n) is 0.976. The summed E-state index contributed by atoms with van der Waals surface area (Å²) in [4.78, 5) is 10.5. The molecule has 0 radical (unpaired) electrons. The summed E-state index contributed by atoms with van der Waals surface area (Å²) in [6, 6.07) is 5.40. The number of methoxy groups -OCH3 is 1. The van der Waals surface area contributed by atoms with Crippen molar-refractivity contribution in [2.45, 2.75) is 6.42 Å². The molecule has 70 valence electrons. The van der Waals surface area contributed by atoms with E-state index in [-0.39, 0.29) is 6.42 Å². The van der Waals surface area contributed by atoms with Gasteiger partial charge in [0.15, 0.2) is 0 Å². The van der Waals surface area contributed by atoms with Crippen molar-refractivity contribution < 1.29 is 14.6 Å². The van der Waals surface area contributed by atoms with E-state index >= 15 is 0 Å². The normalized spacial score (nSPS) is 9.69. The van der Waals surface area contributed by atoms with Gasteiger partial charge in [-0.25, -0.2) is 0 Å². The first-order valence-electron chi connectivity index (χ1n) is 3.67. The Labute approximate surface area is 89.9 Å². The van der Waals surface area contributed by atoms with Crippen LogP contribution < -0.4 is 4.74 Å². The summed E-state index contributed by atoms with van der Waals surface area (Å²) in [5.74, 6) is -0.136. The van der Waals surface area contributed by atoms with Crippen molar-refractivity contribution in [3.05, 3.63) is 27.3 Å². The zero-order chi connectivity index (χ0) is 9.84. The molecule has 0 bridgehead atoms. The van der Waals surface area contributed by atoms with E-state index in [9.17, 15) is 4.79 Å². The summed E-state index contributed by atoms with van der Waals surface area (Å²) in [6.07, 6.45) is 0.0372. The minimum Gasteiger partial charge on any atom is -0.497 e. The van der Waals surface area contributed by atoms with Crippen molar-refractivity contribution >= 4 is 28.6 Å². The Kier molecular flexibility index (Phi) is 3.53. The van der Waals surface area contributed by atoms with Gasteiger partial charge >= 0.3 is 5.97 Å². The molecule has 1 aromatic rings. The third-order valence-electron chi connectivity index (χ3n) is 1.59. The van der Waals surface area contributed by atoms with E-state index in [0.29, 0.717) is 5.75 Å². The van der Waals surface area contributed by atoms with E-state index in [2.05, 4.69) is 22.6 Å². The molecule has 0 heterocycles. The van der Waals surface area contributed by atoms with Gasteiger partial charge in [-0.2, -0.15) is 0 Å². The van der Waals surface area contributed by atoms with Gasteiger partial charge in [-0.1, -0.05) is 0 Å². The summed E-state index contributed by atoms with van der Waals surface area (Å²) in [5.41, 5.74) is 0.785. The lowest BCUT2D eigenvalue weighted by Gasteiger charge is -2.04. The predicted octanol–water partition coefficient (Wildman–Crippen LogP) is 1.93. The van der Waals surface area contributed by atoms with Gasteiger partial charge < -0.3 is 9.84 Å². The number of aliphatic carboxylic acids is 1. The Bertz CT molecular complexity index is 323. The first-order valence-corrected chi connectivity index (χ1v) is 4.75. The lowest BCUT2D eigenvalue weighted by molar-refractivity contribution is -0.136. The molecule has 0 unspecified atom stereocenters. The molecule has 13 heavy (non-hydrogen) atoms. The summed E-state index contributed by atoms with van der Waals surface area (Å²) in [5, 5.41) is 8.61. The molecule has 0 amide bonds. The molecule has 0 fully saturated rings. The Balaban J connectivity index is 2.96. The topological polar surface area (TPSA) is 46.5 Å². The second-order valence-corrected chi connectivity index (χ2v) is 3.69. The minimum atomic E-state index is -0.828. The molecule has 0 atom stereocenters. The van der Waals surface area contributed by atoms with Crippen LogP contribution in [0, 0.1) is 3.57 Å². The highest BCUT2D eigenvalue weighted by molar-refractivity contribution is 14.1. The number of carbonyl (C=O) groups is 1. The molecule has 1 aromatic carbocycles. The number of rotatable bonds is 3. The van der Waals surface area contributed by atoms with Crippen molar-refractivity contribution in [1.29, 1.82) is 0 Å². The number of carboxylic acids is 1. The summed E-state index contributed by atoms with van der Waals surface area (Å²) in [6.45, 7) is 0. The average molecular weight is 292 g/mol. The van der Waals surface area contributed by atoms with Crippen LogP contribution in [-0.2, 0) is 11.2 Å². The Hall–Kier alpha value is -0.780. The molecule has 0 saturated heterocycles. The predicted molar refractivity (Wildman–Crippen MR) is 57.1 cm³/mol. The number of hydrogen-bond acceptors (Lipinski definition) is 2. The SMILES string of the molecule is COc1ccc(I)c(CC(=O)O)c1. The summed E-state index contributed by atoms with van der Waals surface area (Å²) >= 11 is 2.11. The van der Waals surface area contributed by atoms with Crippen molar-refractivity contribution in [3.8, 4) is 5.75 Å². The molecule has 3 nitrogen and oxygen atoms in total. The van der Waals surface area contributed by atoms with E-state index < -0.39 is 5.97 Å². The standard InChI is InChI=1S/C9H9IO3/c1-13-7-2-3-8(10)6(4-7)5-9(11)12/h2-4H,5H2,1H3,(H,11,12). The third kappa shape index (κ3) is 2.87. The van der Waals surface area contributed by atoms with E-state index in [0.717, 1.165) is 9.13 Å². The van der Waals surface area contributed by atoms with Crippen LogP contribution in [0.25, 0.3) is 0 Å². The molecule has 1 rings (SSSR count). The molecule has 0 saturated carbocycles. The van der Waals surface area contributed by atoms with Crippen LogP contribution in [0.15, 0.2) is 18.2 Å². The summed E-state index contributed by atoms with van der Waals surface area (Å²) < 4.78 is 5.94. The zero-order valence-electron chi connectivity index (χ0n) is 7.08. The van der Waals surface area contributed by atoms with Gasteiger partial charge in [0.25, 0.3) is 0 Å². The fraction of sp³-hybridized carbons (Fsp3) is 0.222. The number of carboxylic acid groups (broad SMARTS) is 1. The molecular formula is C9H9IO3. The van der Waals surface area contributed by atoms with Gasteiger partial charge in [0, 0.05) is 3.57 Å². The first-order chi connectivity index (χ1) is 6.13. The maximum atomic E-state index is 10.5. The average Bonchev–Trinajstić information content (AvgIpc) is 2.08. The van der Waals surface area contributed by atoms with Crippen LogP contribution >= 0.6 is 22.6 Å². The van der Waals surface area contributed by atoms with Crippen LogP contribution in [0.5, 0.6) is 5.75 Å². The lowest BCUT2D eigenvalue weighted by atomic mass is 10.1. The number of halogens is 1. The number of benzene rings is 1. The van der Waals surface area contributed by atoms with Crippen LogP contribution in [0.4, 0.5) is 0 Å². The van der Waals surface area contributed by atoms with Crippen molar-refractivity contribution in [2.75, 3.05) is 7.11 Å². The molecule has 0 aliphatic carbocycles. The van der Waals surface area contributed by atoms with Crippen LogP contribution in [0.2, 0.25) is 0 Å². The largest absolute Gasteiger partial charge is 0.497 e. The van der Waals surface area contributed by atoms with Crippen LogP contribution in [0.3, 0.4) is 0 Å². The van der Waals surface area contributed by atoms with E-state index in [4.69, 9.17) is 9.84 Å². The number of hydrogen-bond donors (Lipinski definition) is 1. The van der Waals surface area contributed by atoms with Crippen molar-refractivity contribution in [3.63, 3.8) is 0 Å². The van der Waals surface area contributed by atoms with Gasteiger partial charge in [0.1, 0.15) is 5.75 Å². The smallest absolute Gasteiger partial charge is 0.307 e. The highest BCUT2D eigenvalue weighted by Crippen LogP contribution is 2.19. The van der Waals surface area contributed by atoms with Crippen molar-refractivity contribution in [2.24, 2.45) is 0 Å². The molecular weight excluding hydrogens is 283 g/mol. The van der Waals surface area contributed by atoms with Crippen LogP contribution in [-0.4, -0.2) is 18.2 Å².